The number of ether oxygens (including phenoxy) is 1. The van der Waals surface area contributed by atoms with Crippen molar-refractivity contribution >= 4 is 6.29 Å². The van der Waals surface area contributed by atoms with Crippen molar-refractivity contribution < 1.29 is 41.0 Å². The molecule has 0 amide bonds. The van der Waals surface area contributed by atoms with E-state index in [1.807, 2.05) is 0 Å². The van der Waals surface area contributed by atoms with Gasteiger partial charge in [-0.1, -0.05) is 6.07 Å². The van der Waals surface area contributed by atoms with Gasteiger partial charge in [0.1, 0.15) is 5.75 Å². The Hall–Kier alpha value is -1.77. The minimum atomic E-state index is -5.99. The average molecular weight is 302 g/mol. The van der Waals surface area contributed by atoms with Crippen molar-refractivity contribution in [2.75, 3.05) is 7.11 Å². The predicted molar refractivity (Wildman–Crippen MR) is 54.4 cm³/mol. The molecule has 0 aromatic heterocycles. The summed E-state index contributed by atoms with van der Waals surface area (Å²) in [4.78, 5) is 10.6. The number of hydrogen-bond donors (Lipinski definition) is 1. The Bertz CT molecular complexity index is 492. The Morgan fingerprint density at radius 1 is 1.10 bits per heavy atom. The van der Waals surface area contributed by atoms with Crippen LogP contribution in [0.25, 0.3) is 0 Å². The second kappa shape index (κ2) is 4.97. The van der Waals surface area contributed by atoms with E-state index in [2.05, 4.69) is 4.74 Å². The van der Waals surface area contributed by atoms with E-state index in [9.17, 15) is 31.1 Å². The van der Waals surface area contributed by atoms with E-state index in [0.717, 1.165) is 7.11 Å². The molecule has 9 heteroatoms. The van der Waals surface area contributed by atoms with Crippen molar-refractivity contribution in [1.29, 1.82) is 0 Å². The zero-order valence-electron chi connectivity index (χ0n) is 9.84. The number of carbonyl (C=O) groups is 1. The standard InChI is InChI=1S/C11H8F6O3/c1-20-8-4-7(3-2-6(8)5-18)9(19,10(12,13)14)11(15,16)17/h2-5,19H,1H3. The van der Waals surface area contributed by atoms with E-state index >= 15 is 0 Å². The SMILES string of the molecule is COc1cc(C(O)(C(F)(F)F)C(F)(F)F)ccc1C=O. The van der Waals surface area contributed by atoms with Gasteiger partial charge < -0.3 is 9.84 Å². The van der Waals surface area contributed by atoms with Gasteiger partial charge >= 0.3 is 12.4 Å². The zero-order valence-corrected chi connectivity index (χ0v) is 9.84. The summed E-state index contributed by atoms with van der Waals surface area (Å²) in [5.74, 6) is -0.510. The number of hydrogen-bond acceptors (Lipinski definition) is 3. The van der Waals surface area contributed by atoms with Gasteiger partial charge in [0.2, 0.25) is 0 Å². The fourth-order valence-electron chi connectivity index (χ4n) is 1.52. The van der Waals surface area contributed by atoms with Crippen LogP contribution in [0.4, 0.5) is 26.3 Å². The maximum Gasteiger partial charge on any atom is 0.430 e. The molecule has 0 aliphatic carbocycles. The summed E-state index contributed by atoms with van der Waals surface area (Å²) in [5, 5.41) is 9.15. The smallest absolute Gasteiger partial charge is 0.430 e. The molecule has 0 unspecified atom stereocenters. The van der Waals surface area contributed by atoms with E-state index in [1.54, 1.807) is 0 Å². The maximum atomic E-state index is 12.6. The Morgan fingerprint density at radius 3 is 1.95 bits per heavy atom. The number of benzene rings is 1. The van der Waals surface area contributed by atoms with Gasteiger partial charge in [-0.05, 0) is 12.1 Å². The first-order valence-electron chi connectivity index (χ1n) is 4.98. The summed E-state index contributed by atoms with van der Waals surface area (Å²) < 4.78 is 80.3. The molecule has 1 rings (SSSR count). The average Bonchev–Trinajstić information content (AvgIpc) is 2.34. The van der Waals surface area contributed by atoms with Gasteiger partial charge in [-0.3, -0.25) is 4.79 Å². The molecule has 0 radical (unpaired) electrons. The Morgan fingerprint density at radius 2 is 1.60 bits per heavy atom. The number of aldehydes is 1. The van der Waals surface area contributed by atoms with Crippen molar-refractivity contribution in [3.63, 3.8) is 0 Å². The second-order valence-electron chi connectivity index (χ2n) is 3.78. The summed E-state index contributed by atoms with van der Waals surface area (Å²) in [6.45, 7) is 0. The lowest BCUT2D eigenvalue weighted by Gasteiger charge is -2.32. The first-order valence-corrected chi connectivity index (χ1v) is 4.98. The topological polar surface area (TPSA) is 46.5 Å². The van der Waals surface area contributed by atoms with Gasteiger partial charge in [-0.2, -0.15) is 26.3 Å². The minimum absolute atomic E-state index is 0.197. The highest BCUT2D eigenvalue weighted by Gasteiger charge is 2.71. The van der Waals surface area contributed by atoms with Crippen LogP contribution in [-0.2, 0) is 5.60 Å². The molecule has 0 spiro atoms. The van der Waals surface area contributed by atoms with E-state index in [1.165, 1.54) is 0 Å². The molecule has 0 aliphatic rings. The molecule has 3 nitrogen and oxygen atoms in total. The van der Waals surface area contributed by atoms with Gasteiger partial charge in [0, 0.05) is 5.56 Å². The molecule has 1 aromatic rings. The van der Waals surface area contributed by atoms with Gasteiger partial charge in [0.05, 0.1) is 12.7 Å². The highest BCUT2D eigenvalue weighted by Crippen LogP contribution is 2.50. The van der Waals surface area contributed by atoms with Crippen molar-refractivity contribution in [1.82, 2.24) is 0 Å². The molecule has 0 aliphatic heterocycles. The first kappa shape index (κ1) is 16.3. The number of methoxy groups -OCH3 is 1. The molecule has 1 N–H and O–H groups in total. The number of aliphatic hydroxyl groups is 1. The van der Waals surface area contributed by atoms with E-state index < -0.39 is 29.3 Å². The largest absolute Gasteiger partial charge is 0.496 e. The van der Waals surface area contributed by atoms with Crippen molar-refractivity contribution in [2.24, 2.45) is 0 Å². The maximum absolute atomic E-state index is 12.6. The van der Waals surface area contributed by atoms with Crippen molar-refractivity contribution in [2.45, 2.75) is 18.0 Å². The predicted octanol–water partition coefficient (Wildman–Crippen LogP) is 2.82. The molecular weight excluding hydrogens is 294 g/mol. The van der Waals surface area contributed by atoms with Gasteiger partial charge in [0.25, 0.3) is 5.60 Å². The zero-order chi connectivity index (χ0) is 15.8. The number of rotatable bonds is 3. The Labute approximate surface area is 108 Å². The summed E-state index contributed by atoms with van der Waals surface area (Å²) >= 11 is 0. The molecule has 112 valence electrons. The third-order valence-electron chi connectivity index (χ3n) is 2.60. The lowest BCUT2D eigenvalue weighted by Crippen LogP contribution is -2.53. The van der Waals surface area contributed by atoms with E-state index in [-0.39, 0.29) is 11.8 Å². The Balaban J connectivity index is 3.56. The molecule has 0 fully saturated rings. The fourth-order valence-corrected chi connectivity index (χ4v) is 1.52. The lowest BCUT2D eigenvalue weighted by molar-refractivity contribution is -0.376. The van der Waals surface area contributed by atoms with Crippen LogP contribution in [-0.4, -0.2) is 30.9 Å². The molecule has 0 saturated heterocycles. The molecule has 20 heavy (non-hydrogen) atoms. The third kappa shape index (κ3) is 2.45. The highest BCUT2D eigenvalue weighted by molar-refractivity contribution is 5.79. The fraction of sp³-hybridized carbons (Fsp3) is 0.364. The van der Waals surface area contributed by atoms with Crippen molar-refractivity contribution in [3.8, 4) is 5.75 Å². The van der Waals surface area contributed by atoms with Crippen LogP contribution in [0.1, 0.15) is 15.9 Å². The van der Waals surface area contributed by atoms with Gasteiger partial charge in [-0.25, -0.2) is 0 Å². The number of halogens is 6. The van der Waals surface area contributed by atoms with Gasteiger partial charge in [0.15, 0.2) is 6.29 Å². The van der Waals surface area contributed by atoms with E-state index in [4.69, 9.17) is 5.11 Å². The quantitative estimate of drug-likeness (QED) is 0.690. The highest BCUT2D eigenvalue weighted by atomic mass is 19.4. The van der Waals surface area contributed by atoms with E-state index in [0.29, 0.717) is 18.2 Å². The van der Waals surface area contributed by atoms with Crippen LogP contribution in [0.5, 0.6) is 5.75 Å². The summed E-state index contributed by atoms with van der Waals surface area (Å²) in [5.41, 5.74) is -6.78. The van der Waals surface area contributed by atoms with Gasteiger partial charge in [-0.15, -0.1) is 0 Å². The molecule has 0 heterocycles. The second-order valence-corrected chi connectivity index (χ2v) is 3.78. The lowest BCUT2D eigenvalue weighted by atomic mass is 9.91. The normalized spacial score (nSPS) is 13.2. The van der Waals surface area contributed by atoms with Crippen LogP contribution in [0.3, 0.4) is 0 Å². The summed E-state index contributed by atoms with van der Waals surface area (Å²) in [6, 6.07) is 1.39. The molecule has 1 aromatic carbocycles. The van der Waals surface area contributed by atoms with Crippen LogP contribution < -0.4 is 4.74 Å². The monoisotopic (exact) mass is 302 g/mol. The number of alkyl halides is 6. The third-order valence-corrected chi connectivity index (χ3v) is 2.60. The van der Waals surface area contributed by atoms with Crippen LogP contribution in [0.2, 0.25) is 0 Å². The minimum Gasteiger partial charge on any atom is -0.496 e. The molecule has 0 saturated carbocycles. The molecular formula is C11H8F6O3. The first-order chi connectivity index (χ1) is 8.99. The number of carbonyl (C=O) groups excluding carboxylic acids is 1. The van der Waals surface area contributed by atoms with Crippen molar-refractivity contribution in [3.05, 3.63) is 29.3 Å². The van der Waals surface area contributed by atoms with Crippen LogP contribution >= 0.6 is 0 Å². The summed E-state index contributed by atoms with van der Waals surface area (Å²) in [7, 11) is 0.965. The van der Waals surface area contributed by atoms with Crippen LogP contribution in [0, 0.1) is 0 Å². The molecule has 0 bridgehead atoms. The Kier molecular flexibility index (Phi) is 4.04. The van der Waals surface area contributed by atoms with Crippen LogP contribution in [0.15, 0.2) is 18.2 Å². The summed E-state index contributed by atoms with van der Waals surface area (Å²) in [6.07, 6.45) is -11.8. The molecule has 0 atom stereocenters.